The average molecular weight is 318 g/mol. The number of piperidine rings is 1. The molecule has 0 aliphatic carbocycles. The standard InChI is InChI=1S/C17H22N2O2S/c1-2-3-11-19-16(20)14(13-8-7-12-22-13)15(17(19)21)18-9-5-4-6-10-18/h7-8,12H,2-6,9-11H2,1H3. The first kappa shape index (κ1) is 15.3. The largest absolute Gasteiger partial charge is 0.366 e. The van der Waals surface area contributed by atoms with Gasteiger partial charge in [-0.15, -0.1) is 11.3 Å². The van der Waals surface area contributed by atoms with Crippen LogP contribution in [0.15, 0.2) is 23.2 Å². The number of nitrogens with zero attached hydrogens (tertiary/aromatic N) is 2. The van der Waals surface area contributed by atoms with Gasteiger partial charge in [0.1, 0.15) is 5.70 Å². The number of amides is 2. The highest BCUT2D eigenvalue weighted by Crippen LogP contribution is 2.35. The van der Waals surface area contributed by atoms with Gasteiger partial charge in [-0.2, -0.15) is 0 Å². The van der Waals surface area contributed by atoms with Gasteiger partial charge in [0.25, 0.3) is 11.8 Å². The number of carbonyl (C=O) groups excluding carboxylic acids is 2. The van der Waals surface area contributed by atoms with Crippen molar-refractivity contribution in [1.82, 2.24) is 9.80 Å². The van der Waals surface area contributed by atoms with Gasteiger partial charge in [-0.25, -0.2) is 0 Å². The van der Waals surface area contributed by atoms with Crippen LogP contribution in [-0.2, 0) is 9.59 Å². The number of hydrogen-bond donors (Lipinski definition) is 0. The van der Waals surface area contributed by atoms with E-state index in [1.165, 1.54) is 22.7 Å². The van der Waals surface area contributed by atoms with Crippen LogP contribution in [0.3, 0.4) is 0 Å². The average Bonchev–Trinajstić information content (AvgIpc) is 3.14. The van der Waals surface area contributed by atoms with E-state index in [4.69, 9.17) is 0 Å². The second-order valence-electron chi connectivity index (χ2n) is 5.86. The molecule has 1 saturated heterocycles. The van der Waals surface area contributed by atoms with Crippen LogP contribution in [0.2, 0.25) is 0 Å². The second-order valence-corrected chi connectivity index (χ2v) is 6.81. The summed E-state index contributed by atoms with van der Waals surface area (Å²) in [4.78, 5) is 30.1. The van der Waals surface area contributed by atoms with Gasteiger partial charge in [-0.05, 0) is 37.1 Å². The smallest absolute Gasteiger partial charge is 0.277 e. The Labute approximate surface area is 135 Å². The molecule has 0 N–H and O–H groups in total. The molecule has 22 heavy (non-hydrogen) atoms. The minimum absolute atomic E-state index is 0.0937. The molecule has 0 saturated carbocycles. The Hall–Kier alpha value is -1.62. The molecule has 0 spiro atoms. The molecule has 0 radical (unpaired) electrons. The fourth-order valence-corrected chi connectivity index (χ4v) is 3.90. The molecule has 1 aromatic rings. The Morgan fingerprint density at radius 3 is 2.55 bits per heavy atom. The van der Waals surface area contributed by atoms with Crippen molar-refractivity contribution in [1.29, 1.82) is 0 Å². The van der Waals surface area contributed by atoms with Gasteiger partial charge in [-0.3, -0.25) is 14.5 Å². The van der Waals surface area contributed by atoms with Crippen LogP contribution < -0.4 is 0 Å². The summed E-state index contributed by atoms with van der Waals surface area (Å²) in [7, 11) is 0. The predicted molar refractivity (Wildman–Crippen MR) is 88.3 cm³/mol. The first-order chi connectivity index (χ1) is 10.7. The zero-order valence-electron chi connectivity index (χ0n) is 13.0. The molecule has 0 atom stereocenters. The molecule has 2 aliphatic heterocycles. The van der Waals surface area contributed by atoms with Gasteiger partial charge in [-0.1, -0.05) is 19.4 Å². The zero-order valence-corrected chi connectivity index (χ0v) is 13.8. The third-order valence-electron chi connectivity index (χ3n) is 4.32. The topological polar surface area (TPSA) is 40.6 Å². The van der Waals surface area contributed by atoms with Crippen LogP contribution in [0, 0.1) is 0 Å². The third-order valence-corrected chi connectivity index (χ3v) is 5.21. The summed E-state index contributed by atoms with van der Waals surface area (Å²) in [6, 6.07) is 3.88. The van der Waals surface area contributed by atoms with E-state index < -0.39 is 0 Å². The van der Waals surface area contributed by atoms with Crippen LogP contribution in [0.25, 0.3) is 5.57 Å². The molecule has 3 heterocycles. The van der Waals surface area contributed by atoms with Crippen molar-refractivity contribution in [3.05, 3.63) is 28.1 Å². The molecule has 1 aromatic heterocycles. The maximum Gasteiger partial charge on any atom is 0.277 e. The Kier molecular flexibility index (Phi) is 4.62. The van der Waals surface area contributed by atoms with E-state index in [0.717, 1.165) is 43.6 Å². The minimum Gasteiger partial charge on any atom is -0.366 e. The molecule has 2 aliphatic rings. The first-order valence-corrected chi connectivity index (χ1v) is 9.01. The summed E-state index contributed by atoms with van der Waals surface area (Å²) in [6.07, 6.45) is 5.24. The van der Waals surface area contributed by atoms with Crippen molar-refractivity contribution in [2.75, 3.05) is 19.6 Å². The van der Waals surface area contributed by atoms with Crippen molar-refractivity contribution in [2.45, 2.75) is 39.0 Å². The van der Waals surface area contributed by atoms with Gasteiger partial charge >= 0.3 is 0 Å². The minimum atomic E-state index is -0.110. The predicted octanol–water partition coefficient (Wildman–Crippen LogP) is 3.11. The molecule has 0 aromatic carbocycles. The Bertz CT molecular complexity index is 586. The molecule has 5 heteroatoms. The summed E-state index contributed by atoms with van der Waals surface area (Å²) in [5.41, 5.74) is 1.27. The number of rotatable bonds is 5. The fraction of sp³-hybridized carbons (Fsp3) is 0.529. The van der Waals surface area contributed by atoms with E-state index in [1.807, 2.05) is 17.5 Å². The fourth-order valence-electron chi connectivity index (χ4n) is 3.14. The molecular formula is C17H22N2O2S. The number of hydrogen-bond acceptors (Lipinski definition) is 4. The summed E-state index contributed by atoms with van der Waals surface area (Å²) < 4.78 is 0. The second kappa shape index (κ2) is 6.65. The highest BCUT2D eigenvalue weighted by molar-refractivity contribution is 7.11. The molecule has 3 rings (SSSR count). The van der Waals surface area contributed by atoms with E-state index in [1.54, 1.807) is 0 Å². The number of likely N-dealkylation sites (tertiary alicyclic amines) is 1. The van der Waals surface area contributed by atoms with E-state index >= 15 is 0 Å². The van der Waals surface area contributed by atoms with Gasteiger partial charge in [0.15, 0.2) is 0 Å². The van der Waals surface area contributed by atoms with E-state index in [2.05, 4.69) is 11.8 Å². The highest BCUT2D eigenvalue weighted by atomic mass is 32.1. The highest BCUT2D eigenvalue weighted by Gasteiger charge is 2.41. The summed E-state index contributed by atoms with van der Waals surface area (Å²) in [5, 5.41) is 1.96. The normalized spacial score (nSPS) is 19.5. The van der Waals surface area contributed by atoms with Crippen LogP contribution in [0.4, 0.5) is 0 Å². The quantitative estimate of drug-likeness (QED) is 0.783. The van der Waals surface area contributed by atoms with Crippen LogP contribution in [-0.4, -0.2) is 41.2 Å². The summed E-state index contributed by atoms with van der Waals surface area (Å²) >= 11 is 1.54. The van der Waals surface area contributed by atoms with Crippen molar-refractivity contribution < 1.29 is 9.59 Å². The summed E-state index contributed by atoms with van der Waals surface area (Å²) in [5.74, 6) is -0.203. The molecule has 0 unspecified atom stereocenters. The van der Waals surface area contributed by atoms with E-state index in [-0.39, 0.29) is 11.8 Å². The lowest BCUT2D eigenvalue weighted by Gasteiger charge is -2.29. The molecule has 2 amide bonds. The van der Waals surface area contributed by atoms with Crippen molar-refractivity contribution in [3.8, 4) is 0 Å². The molecular weight excluding hydrogens is 296 g/mol. The molecule has 1 fully saturated rings. The maximum absolute atomic E-state index is 12.8. The SMILES string of the molecule is CCCCN1C(=O)C(c2cccs2)=C(N2CCCCC2)C1=O. The Balaban J connectivity index is 1.97. The van der Waals surface area contributed by atoms with Gasteiger partial charge in [0, 0.05) is 24.5 Å². The third kappa shape index (κ3) is 2.70. The van der Waals surface area contributed by atoms with Crippen LogP contribution in [0.5, 0.6) is 0 Å². The van der Waals surface area contributed by atoms with Gasteiger partial charge in [0.2, 0.25) is 0 Å². The number of imide groups is 1. The van der Waals surface area contributed by atoms with Gasteiger partial charge in [0.05, 0.1) is 5.57 Å². The zero-order chi connectivity index (χ0) is 15.5. The van der Waals surface area contributed by atoms with E-state index in [0.29, 0.717) is 17.8 Å². The summed E-state index contributed by atoms with van der Waals surface area (Å²) in [6.45, 7) is 4.36. The monoisotopic (exact) mass is 318 g/mol. The lowest BCUT2D eigenvalue weighted by molar-refractivity contribution is -0.137. The number of unbranched alkanes of at least 4 members (excludes halogenated alkanes) is 1. The molecule has 118 valence electrons. The number of carbonyl (C=O) groups is 2. The van der Waals surface area contributed by atoms with Gasteiger partial charge < -0.3 is 4.90 Å². The Morgan fingerprint density at radius 2 is 1.91 bits per heavy atom. The Morgan fingerprint density at radius 1 is 1.14 bits per heavy atom. The first-order valence-electron chi connectivity index (χ1n) is 8.13. The van der Waals surface area contributed by atoms with Crippen molar-refractivity contribution in [3.63, 3.8) is 0 Å². The van der Waals surface area contributed by atoms with Crippen LogP contribution in [0.1, 0.15) is 43.9 Å². The lowest BCUT2D eigenvalue weighted by Crippen LogP contribution is -2.37. The van der Waals surface area contributed by atoms with Crippen molar-refractivity contribution >= 4 is 28.7 Å². The lowest BCUT2D eigenvalue weighted by atomic mass is 10.1. The number of thiophene rings is 1. The maximum atomic E-state index is 12.8. The molecule has 0 bridgehead atoms. The van der Waals surface area contributed by atoms with Crippen molar-refractivity contribution in [2.24, 2.45) is 0 Å². The van der Waals surface area contributed by atoms with Crippen LogP contribution >= 0.6 is 11.3 Å². The van der Waals surface area contributed by atoms with E-state index in [9.17, 15) is 9.59 Å². The molecule has 4 nitrogen and oxygen atoms in total.